The molecule has 0 radical (unpaired) electrons. The van der Waals surface area contributed by atoms with Gasteiger partial charge in [0.2, 0.25) is 0 Å². The van der Waals surface area contributed by atoms with Gasteiger partial charge in [0.25, 0.3) is 0 Å². The maximum atomic E-state index is 4.90. The van der Waals surface area contributed by atoms with Crippen LogP contribution in [-0.4, -0.2) is 14.1 Å². The summed E-state index contributed by atoms with van der Waals surface area (Å²) in [6, 6.07) is 40.5. The van der Waals surface area contributed by atoms with Crippen LogP contribution in [0.1, 0.15) is 0 Å². The Morgan fingerprint density at radius 2 is 1.29 bits per heavy atom. The summed E-state index contributed by atoms with van der Waals surface area (Å²) in [5.41, 5.74) is 6.95. The molecule has 0 saturated heterocycles. The number of fused-ring (bicyclic) bond motifs is 4. The van der Waals surface area contributed by atoms with Crippen molar-refractivity contribution in [1.82, 2.24) is 14.1 Å². The van der Waals surface area contributed by atoms with E-state index in [0.29, 0.717) is 0 Å². The van der Waals surface area contributed by atoms with Crippen molar-refractivity contribution in [3.05, 3.63) is 128 Å². The van der Waals surface area contributed by atoms with Crippen LogP contribution in [-0.2, 0) is 0 Å². The Morgan fingerprint density at radius 3 is 2.09 bits per heavy atom. The maximum absolute atomic E-state index is 4.90. The van der Waals surface area contributed by atoms with Crippen LogP contribution in [0.5, 0.6) is 0 Å². The lowest BCUT2D eigenvalue weighted by molar-refractivity contribution is 1.08. The van der Waals surface area contributed by atoms with Gasteiger partial charge in [-0.05, 0) is 54.1 Å². The number of rotatable bonds is 3. The number of aromatic nitrogens is 3. The molecule has 0 amide bonds. The fourth-order valence-corrected chi connectivity index (χ4v) is 4.98. The second-order valence-corrected chi connectivity index (χ2v) is 8.57. The fourth-order valence-electron chi connectivity index (χ4n) is 4.98. The smallest absolute Gasteiger partial charge is 0.137 e. The van der Waals surface area contributed by atoms with E-state index in [4.69, 9.17) is 4.98 Å². The van der Waals surface area contributed by atoms with E-state index in [1.54, 1.807) is 0 Å². The minimum Gasteiger partial charge on any atom is -0.316 e. The minimum absolute atomic E-state index is 0.919. The molecule has 0 unspecified atom stereocenters. The van der Waals surface area contributed by atoms with E-state index in [1.807, 2.05) is 12.3 Å². The van der Waals surface area contributed by atoms with E-state index in [9.17, 15) is 0 Å². The first-order valence-corrected chi connectivity index (χ1v) is 11.5. The molecule has 0 spiro atoms. The SMILES string of the molecule is c1ccc(-c2ccc(-n3c4ccccc4c4cc5ccn(-c6ccccc6)c5cc43)nc2)cc1. The second-order valence-electron chi connectivity index (χ2n) is 8.57. The minimum atomic E-state index is 0.919. The lowest BCUT2D eigenvalue weighted by atomic mass is 10.1. The van der Waals surface area contributed by atoms with Gasteiger partial charge in [0, 0.05) is 39.8 Å². The molecule has 4 aromatic carbocycles. The molecule has 7 rings (SSSR count). The van der Waals surface area contributed by atoms with Crippen molar-refractivity contribution in [1.29, 1.82) is 0 Å². The monoisotopic (exact) mass is 435 g/mol. The molecule has 0 aliphatic carbocycles. The normalized spacial score (nSPS) is 11.5. The number of hydrogen-bond acceptors (Lipinski definition) is 1. The standard InChI is InChI=1S/C31H21N3/c1-3-9-22(10-4-1)24-15-16-31(32-21-24)34-28-14-8-7-13-26(28)27-19-23-17-18-33(29(23)20-30(27)34)25-11-5-2-6-12-25/h1-21H. The quantitative estimate of drug-likeness (QED) is 0.278. The molecule has 3 heterocycles. The van der Waals surface area contributed by atoms with Gasteiger partial charge in [-0.3, -0.25) is 4.57 Å². The zero-order valence-electron chi connectivity index (χ0n) is 18.5. The fraction of sp³-hybridized carbons (Fsp3) is 0. The molecular formula is C31H21N3. The van der Waals surface area contributed by atoms with Crippen LogP contribution in [0, 0.1) is 0 Å². The first kappa shape index (κ1) is 18.9. The Labute approximate surface area is 197 Å². The summed E-state index contributed by atoms with van der Waals surface area (Å²) in [5, 5.41) is 3.70. The zero-order valence-corrected chi connectivity index (χ0v) is 18.5. The molecule has 3 heteroatoms. The first-order valence-electron chi connectivity index (χ1n) is 11.5. The molecule has 0 aliphatic rings. The van der Waals surface area contributed by atoms with Crippen molar-refractivity contribution in [2.24, 2.45) is 0 Å². The van der Waals surface area contributed by atoms with Crippen molar-refractivity contribution in [2.45, 2.75) is 0 Å². The van der Waals surface area contributed by atoms with Gasteiger partial charge < -0.3 is 4.57 Å². The van der Waals surface area contributed by atoms with Crippen molar-refractivity contribution < 1.29 is 0 Å². The van der Waals surface area contributed by atoms with Crippen molar-refractivity contribution >= 4 is 32.7 Å². The number of hydrogen-bond donors (Lipinski definition) is 0. The number of pyridine rings is 1. The van der Waals surface area contributed by atoms with Gasteiger partial charge in [-0.25, -0.2) is 4.98 Å². The average Bonchev–Trinajstić information content (AvgIpc) is 3.47. The Morgan fingerprint density at radius 1 is 0.529 bits per heavy atom. The Bertz CT molecular complexity index is 1770. The molecule has 34 heavy (non-hydrogen) atoms. The topological polar surface area (TPSA) is 22.8 Å². The summed E-state index contributed by atoms with van der Waals surface area (Å²) in [4.78, 5) is 4.90. The van der Waals surface area contributed by atoms with Crippen LogP contribution in [0.3, 0.4) is 0 Å². The highest BCUT2D eigenvalue weighted by Crippen LogP contribution is 2.35. The molecule has 7 aromatic rings. The van der Waals surface area contributed by atoms with Crippen LogP contribution in [0.15, 0.2) is 128 Å². The molecule has 0 bridgehead atoms. The summed E-state index contributed by atoms with van der Waals surface area (Å²) >= 11 is 0. The van der Waals surface area contributed by atoms with Crippen LogP contribution < -0.4 is 0 Å². The van der Waals surface area contributed by atoms with Crippen LogP contribution >= 0.6 is 0 Å². The van der Waals surface area contributed by atoms with Crippen molar-refractivity contribution in [3.63, 3.8) is 0 Å². The lowest BCUT2D eigenvalue weighted by Gasteiger charge is -2.09. The summed E-state index contributed by atoms with van der Waals surface area (Å²) < 4.78 is 4.53. The van der Waals surface area contributed by atoms with Crippen molar-refractivity contribution in [2.75, 3.05) is 0 Å². The molecular weight excluding hydrogens is 414 g/mol. The van der Waals surface area contributed by atoms with E-state index >= 15 is 0 Å². The predicted octanol–water partition coefficient (Wildman–Crippen LogP) is 7.79. The lowest BCUT2D eigenvalue weighted by Crippen LogP contribution is -1.98. The maximum Gasteiger partial charge on any atom is 0.137 e. The Hall–Kier alpha value is -4.63. The Balaban J connectivity index is 1.48. The third kappa shape index (κ3) is 2.87. The molecule has 0 atom stereocenters. The number of benzene rings is 4. The predicted molar refractivity (Wildman–Crippen MR) is 141 cm³/mol. The highest BCUT2D eigenvalue weighted by Gasteiger charge is 2.15. The highest BCUT2D eigenvalue weighted by atomic mass is 15.1. The van der Waals surface area contributed by atoms with Gasteiger partial charge in [-0.15, -0.1) is 0 Å². The van der Waals surface area contributed by atoms with Gasteiger partial charge >= 0.3 is 0 Å². The zero-order chi connectivity index (χ0) is 22.5. The van der Waals surface area contributed by atoms with Crippen LogP contribution in [0.25, 0.3) is 55.3 Å². The molecule has 0 aliphatic heterocycles. The average molecular weight is 436 g/mol. The molecule has 160 valence electrons. The first-order chi connectivity index (χ1) is 16.9. The van der Waals surface area contributed by atoms with Gasteiger partial charge in [0.1, 0.15) is 5.82 Å². The molecule has 3 nitrogen and oxygen atoms in total. The number of nitrogens with zero attached hydrogens (tertiary/aromatic N) is 3. The molecule has 0 N–H and O–H groups in total. The summed E-state index contributed by atoms with van der Waals surface area (Å²) in [5.74, 6) is 0.919. The third-order valence-electron chi connectivity index (χ3n) is 6.60. The molecule has 0 fully saturated rings. The highest BCUT2D eigenvalue weighted by molar-refractivity contribution is 6.13. The van der Waals surface area contributed by atoms with Gasteiger partial charge in [-0.2, -0.15) is 0 Å². The Kier molecular flexibility index (Phi) is 4.15. The van der Waals surface area contributed by atoms with E-state index < -0.39 is 0 Å². The van der Waals surface area contributed by atoms with Crippen LogP contribution in [0.2, 0.25) is 0 Å². The van der Waals surface area contributed by atoms with Crippen LogP contribution in [0.4, 0.5) is 0 Å². The summed E-state index contributed by atoms with van der Waals surface area (Å²) in [6.45, 7) is 0. The molecule has 3 aromatic heterocycles. The van der Waals surface area contributed by atoms with E-state index in [0.717, 1.165) is 28.1 Å². The third-order valence-corrected chi connectivity index (χ3v) is 6.60. The van der Waals surface area contributed by atoms with Gasteiger partial charge in [0.05, 0.1) is 16.6 Å². The number of para-hydroxylation sites is 2. The second kappa shape index (κ2) is 7.46. The van der Waals surface area contributed by atoms with E-state index in [-0.39, 0.29) is 0 Å². The molecule has 0 saturated carbocycles. The van der Waals surface area contributed by atoms with Crippen molar-refractivity contribution in [3.8, 4) is 22.6 Å². The summed E-state index contributed by atoms with van der Waals surface area (Å²) in [6.07, 6.45) is 4.12. The van der Waals surface area contributed by atoms with E-state index in [1.165, 1.54) is 27.2 Å². The van der Waals surface area contributed by atoms with Gasteiger partial charge in [-0.1, -0.05) is 66.7 Å². The largest absolute Gasteiger partial charge is 0.316 e. The van der Waals surface area contributed by atoms with E-state index in [2.05, 4.69) is 125 Å². The summed E-state index contributed by atoms with van der Waals surface area (Å²) in [7, 11) is 0. The van der Waals surface area contributed by atoms with Gasteiger partial charge in [0.15, 0.2) is 0 Å².